The van der Waals surface area contributed by atoms with Crippen LogP contribution < -0.4 is 0 Å². The van der Waals surface area contributed by atoms with Gasteiger partial charge in [0.05, 0.1) is 18.2 Å². The Bertz CT molecular complexity index is 590. The number of piperidine rings is 1. The molecule has 0 unspecified atom stereocenters. The summed E-state index contributed by atoms with van der Waals surface area (Å²) in [6, 6.07) is 5.99. The molecule has 2 aromatic heterocycles. The van der Waals surface area contributed by atoms with Gasteiger partial charge in [0.2, 0.25) is 0 Å². The Balaban J connectivity index is 1.65. The number of ether oxygens (including phenoxy) is 1. The number of likely N-dealkylation sites (tertiary alicyclic amines) is 1. The van der Waals surface area contributed by atoms with Gasteiger partial charge in [-0.05, 0) is 38.4 Å². The summed E-state index contributed by atoms with van der Waals surface area (Å²) in [6.07, 6.45) is 6.03. The normalized spacial score (nSPS) is 19.8. The van der Waals surface area contributed by atoms with Gasteiger partial charge in [-0.25, -0.2) is 4.98 Å². The molecule has 1 fully saturated rings. The van der Waals surface area contributed by atoms with Crippen molar-refractivity contribution in [1.29, 1.82) is 0 Å². The topological polar surface area (TPSA) is 46.8 Å². The van der Waals surface area contributed by atoms with Gasteiger partial charge in [-0.15, -0.1) is 0 Å². The van der Waals surface area contributed by atoms with Crippen molar-refractivity contribution in [3.8, 4) is 0 Å². The highest BCUT2D eigenvalue weighted by atomic mass is 16.5. The van der Waals surface area contributed by atoms with Crippen molar-refractivity contribution >= 4 is 11.6 Å². The van der Waals surface area contributed by atoms with E-state index in [4.69, 9.17) is 4.74 Å². The summed E-state index contributed by atoms with van der Waals surface area (Å²) >= 11 is 0. The summed E-state index contributed by atoms with van der Waals surface area (Å²) in [6.45, 7) is 4.89. The molecule has 0 radical (unpaired) electrons. The summed E-state index contributed by atoms with van der Waals surface area (Å²) in [5.41, 5.74) is 2.01. The summed E-state index contributed by atoms with van der Waals surface area (Å²) in [4.78, 5) is 18.8. The van der Waals surface area contributed by atoms with Gasteiger partial charge in [0.25, 0.3) is 0 Å². The van der Waals surface area contributed by atoms with Gasteiger partial charge in [-0.2, -0.15) is 0 Å². The molecule has 1 aliphatic heterocycles. The Morgan fingerprint density at radius 3 is 3.19 bits per heavy atom. The molecule has 1 saturated heterocycles. The minimum absolute atomic E-state index is 0.00994. The second kappa shape index (κ2) is 6.26. The predicted octanol–water partition coefficient (Wildman–Crippen LogP) is 2.11. The fraction of sp³-hybridized carbons (Fsp3) is 0.500. The van der Waals surface area contributed by atoms with Crippen molar-refractivity contribution in [3.63, 3.8) is 0 Å². The van der Waals surface area contributed by atoms with Crippen molar-refractivity contribution < 1.29 is 9.53 Å². The number of rotatable bonds is 4. The minimum Gasteiger partial charge on any atom is -0.466 e. The zero-order valence-corrected chi connectivity index (χ0v) is 12.4. The Morgan fingerprint density at radius 2 is 2.38 bits per heavy atom. The Labute approximate surface area is 124 Å². The van der Waals surface area contributed by atoms with Crippen LogP contribution in [-0.4, -0.2) is 40.0 Å². The molecule has 0 saturated carbocycles. The number of pyridine rings is 1. The lowest BCUT2D eigenvalue weighted by Gasteiger charge is -2.30. The van der Waals surface area contributed by atoms with E-state index in [9.17, 15) is 4.79 Å². The summed E-state index contributed by atoms with van der Waals surface area (Å²) in [7, 11) is 0. The quantitative estimate of drug-likeness (QED) is 0.808. The monoisotopic (exact) mass is 287 g/mol. The van der Waals surface area contributed by atoms with Gasteiger partial charge in [0.1, 0.15) is 5.65 Å². The van der Waals surface area contributed by atoms with E-state index in [0.29, 0.717) is 6.61 Å². The predicted molar refractivity (Wildman–Crippen MR) is 79.8 cm³/mol. The van der Waals surface area contributed by atoms with Crippen molar-refractivity contribution in [2.24, 2.45) is 5.92 Å². The van der Waals surface area contributed by atoms with Gasteiger partial charge >= 0.3 is 5.97 Å². The van der Waals surface area contributed by atoms with Crippen LogP contribution in [0.1, 0.15) is 25.5 Å². The molecular weight excluding hydrogens is 266 g/mol. The van der Waals surface area contributed by atoms with Gasteiger partial charge in [-0.3, -0.25) is 9.69 Å². The third-order valence-electron chi connectivity index (χ3n) is 3.92. The molecule has 21 heavy (non-hydrogen) atoms. The van der Waals surface area contributed by atoms with Crippen LogP contribution in [0.25, 0.3) is 5.65 Å². The van der Waals surface area contributed by atoms with Gasteiger partial charge in [-0.1, -0.05) is 6.07 Å². The van der Waals surface area contributed by atoms with Crippen LogP contribution in [-0.2, 0) is 16.1 Å². The number of hydrogen-bond donors (Lipinski definition) is 0. The van der Waals surface area contributed by atoms with Crippen LogP contribution in [0, 0.1) is 5.92 Å². The molecule has 112 valence electrons. The third kappa shape index (κ3) is 3.24. The molecular formula is C16H21N3O2. The zero-order valence-electron chi connectivity index (χ0n) is 12.4. The Kier molecular flexibility index (Phi) is 4.20. The van der Waals surface area contributed by atoms with E-state index in [-0.39, 0.29) is 11.9 Å². The highest BCUT2D eigenvalue weighted by Crippen LogP contribution is 2.19. The molecule has 3 rings (SSSR count). The highest BCUT2D eigenvalue weighted by molar-refractivity contribution is 5.72. The maximum Gasteiger partial charge on any atom is 0.310 e. The maximum atomic E-state index is 11.9. The van der Waals surface area contributed by atoms with E-state index in [2.05, 4.69) is 16.1 Å². The summed E-state index contributed by atoms with van der Waals surface area (Å²) in [5.74, 6) is -0.0482. The number of esters is 1. The van der Waals surface area contributed by atoms with Crippen LogP contribution in [0.5, 0.6) is 0 Å². The van der Waals surface area contributed by atoms with Gasteiger partial charge in [0.15, 0.2) is 0 Å². The number of carbonyl (C=O) groups is 1. The molecule has 0 aromatic carbocycles. The first-order valence-electron chi connectivity index (χ1n) is 7.58. The lowest BCUT2D eigenvalue weighted by atomic mass is 9.98. The second-order valence-corrected chi connectivity index (χ2v) is 5.52. The summed E-state index contributed by atoms with van der Waals surface area (Å²) in [5, 5.41) is 0. The molecule has 2 aromatic rings. The number of carbonyl (C=O) groups excluding carboxylic acids is 1. The molecule has 0 bridgehead atoms. The van der Waals surface area contributed by atoms with Crippen molar-refractivity contribution in [3.05, 3.63) is 36.3 Å². The molecule has 0 N–H and O–H groups in total. The average molecular weight is 287 g/mol. The average Bonchev–Trinajstić information content (AvgIpc) is 2.90. The molecule has 3 heterocycles. The standard InChI is InChI=1S/C16H21N3O2/c1-2-21-16(20)13-6-5-8-18(10-13)11-14-12-19-9-4-3-7-15(19)17-14/h3-4,7,9,12-13H,2,5-6,8,10-11H2,1H3/t13-/m0/s1. The molecule has 1 aliphatic rings. The number of imidazole rings is 1. The lowest BCUT2D eigenvalue weighted by molar-refractivity contribution is -0.150. The van der Waals surface area contributed by atoms with Crippen LogP contribution in [0.2, 0.25) is 0 Å². The van der Waals surface area contributed by atoms with E-state index >= 15 is 0 Å². The largest absolute Gasteiger partial charge is 0.466 e. The first-order valence-corrected chi connectivity index (χ1v) is 7.58. The van der Waals surface area contributed by atoms with Crippen LogP contribution >= 0.6 is 0 Å². The van der Waals surface area contributed by atoms with E-state index < -0.39 is 0 Å². The van der Waals surface area contributed by atoms with E-state index in [0.717, 1.165) is 43.8 Å². The van der Waals surface area contributed by atoms with Crippen LogP contribution in [0.3, 0.4) is 0 Å². The second-order valence-electron chi connectivity index (χ2n) is 5.52. The van der Waals surface area contributed by atoms with Crippen molar-refractivity contribution in [1.82, 2.24) is 14.3 Å². The van der Waals surface area contributed by atoms with Crippen LogP contribution in [0.15, 0.2) is 30.6 Å². The van der Waals surface area contributed by atoms with Crippen LogP contribution in [0.4, 0.5) is 0 Å². The number of fused-ring (bicyclic) bond motifs is 1. The molecule has 5 nitrogen and oxygen atoms in total. The first kappa shape index (κ1) is 14.1. The van der Waals surface area contributed by atoms with Crippen molar-refractivity contribution in [2.75, 3.05) is 19.7 Å². The van der Waals surface area contributed by atoms with E-state index in [1.54, 1.807) is 0 Å². The Hall–Kier alpha value is -1.88. The van der Waals surface area contributed by atoms with E-state index in [1.807, 2.05) is 35.7 Å². The molecule has 0 amide bonds. The fourth-order valence-electron chi connectivity index (χ4n) is 2.94. The minimum atomic E-state index is -0.0581. The van der Waals surface area contributed by atoms with Gasteiger partial charge in [0, 0.05) is 25.5 Å². The SMILES string of the molecule is CCOC(=O)[C@H]1CCCN(Cc2cn3ccccc3n2)C1. The Morgan fingerprint density at radius 1 is 1.48 bits per heavy atom. The first-order chi connectivity index (χ1) is 10.3. The molecule has 0 spiro atoms. The third-order valence-corrected chi connectivity index (χ3v) is 3.92. The maximum absolute atomic E-state index is 11.9. The fourth-order valence-corrected chi connectivity index (χ4v) is 2.94. The number of nitrogens with zero attached hydrogens (tertiary/aromatic N) is 3. The lowest BCUT2D eigenvalue weighted by Crippen LogP contribution is -2.39. The smallest absolute Gasteiger partial charge is 0.310 e. The number of hydrogen-bond acceptors (Lipinski definition) is 4. The molecule has 0 aliphatic carbocycles. The highest BCUT2D eigenvalue weighted by Gasteiger charge is 2.27. The van der Waals surface area contributed by atoms with Crippen molar-refractivity contribution in [2.45, 2.75) is 26.3 Å². The number of aromatic nitrogens is 2. The molecule has 1 atom stereocenters. The zero-order chi connectivity index (χ0) is 14.7. The van der Waals surface area contributed by atoms with E-state index in [1.165, 1.54) is 0 Å². The van der Waals surface area contributed by atoms with Gasteiger partial charge < -0.3 is 9.14 Å². The summed E-state index contributed by atoms with van der Waals surface area (Å²) < 4.78 is 7.17. The molecule has 5 heteroatoms.